The van der Waals surface area contributed by atoms with Crippen molar-refractivity contribution >= 4 is 33.3 Å². The molecule has 1 fully saturated rings. The molecule has 1 atom stereocenters. The van der Waals surface area contributed by atoms with Crippen molar-refractivity contribution in [3.05, 3.63) is 23.8 Å². The Labute approximate surface area is 122 Å². The third-order valence-electron chi connectivity index (χ3n) is 3.57. The molecule has 1 heterocycles. The van der Waals surface area contributed by atoms with Gasteiger partial charge in [0.05, 0.1) is 22.8 Å². The summed E-state index contributed by atoms with van der Waals surface area (Å²) in [5.41, 5.74) is 0.818. The number of thioether (sulfide) groups is 1. The molecule has 1 aromatic carbocycles. The fourth-order valence-electron chi connectivity index (χ4n) is 2.48. The molecule has 5 nitrogen and oxygen atoms in total. The zero-order valence-electron chi connectivity index (χ0n) is 11.4. The predicted octanol–water partition coefficient (Wildman–Crippen LogP) is 1.73. The summed E-state index contributed by atoms with van der Waals surface area (Å²) in [6, 6.07) is 5.13. The smallest absolute Gasteiger partial charge is 0.338 e. The van der Waals surface area contributed by atoms with Gasteiger partial charge < -0.3 is 10.0 Å². The minimum Gasteiger partial charge on any atom is -0.478 e. The first-order valence-corrected chi connectivity index (χ1v) is 9.24. The second-order valence-electron chi connectivity index (χ2n) is 4.83. The average molecular weight is 315 g/mol. The van der Waals surface area contributed by atoms with Crippen LogP contribution in [-0.4, -0.2) is 50.3 Å². The fourth-order valence-corrected chi connectivity index (χ4v) is 4.86. The van der Waals surface area contributed by atoms with E-state index in [0.29, 0.717) is 17.0 Å². The molecule has 0 spiro atoms. The van der Waals surface area contributed by atoms with Gasteiger partial charge in [0.1, 0.15) is 0 Å². The first kappa shape index (κ1) is 15.2. The average Bonchev–Trinajstić information content (AvgIpc) is 2.77. The Morgan fingerprint density at radius 3 is 2.65 bits per heavy atom. The van der Waals surface area contributed by atoms with Gasteiger partial charge in [-0.15, -0.1) is 11.8 Å². The summed E-state index contributed by atoms with van der Waals surface area (Å²) in [6.07, 6.45) is 2.37. The topological polar surface area (TPSA) is 74.7 Å². The number of benzene rings is 1. The standard InChI is InChI=1S/C13H17NO4S2/c1-14(9-6-7-20(17,18)8-9)10-4-3-5-11(19-2)12(10)13(15)16/h3-5,9H,6-8H2,1-2H3,(H,15,16). The number of carboxylic acid groups (broad SMARTS) is 1. The maximum atomic E-state index is 11.6. The Morgan fingerprint density at radius 2 is 2.15 bits per heavy atom. The van der Waals surface area contributed by atoms with Crippen molar-refractivity contribution in [2.45, 2.75) is 17.4 Å². The van der Waals surface area contributed by atoms with E-state index in [4.69, 9.17) is 0 Å². The van der Waals surface area contributed by atoms with Crippen LogP contribution >= 0.6 is 11.8 Å². The highest BCUT2D eigenvalue weighted by atomic mass is 32.2. The predicted molar refractivity (Wildman–Crippen MR) is 80.6 cm³/mol. The minimum absolute atomic E-state index is 0.0893. The Kier molecular flexibility index (Phi) is 4.29. The first-order valence-electron chi connectivity index (χ1n) is 6.19. The molecule has 1 aliphatic heterocycles. The third kappa shape index (κ3) is 2.93. The number of hydrogen-bond donors (Lipinski definition) is 1. The molecule has 110 valence electrons. The summed E-state index contributed by atoms with van der Waals surface area (Å²) in [5, 5.41) is 9.41. The van der Waals surface area contributed by atoms with Crippen LogP contribution < -0.4 is 4.90 Å². The van der Waals surface area contributed by atoms with Gasteiger partial charge in [0.25, 0.3) is 0 Å². The number of anilines is 1. The lowest BCUT2D eigenvalue weighted by atomic mass is 10.1. The number of carbonyl (C=O) groups is 1. The highest BCUT2D eigenvalue weighted by Crippen LogP contribution is 2.32. The van der Waals surface area contributed by atoms with Crippen molar-refractivity contribution in [1.29, 1.82) is 0 Å². The molecule has 0 radical (unpaired) electrons. The second-order valence-corrected chi connectivity index (χ2v) is 7.90. The molecular formula is C13H17NO4S2. The number of hydrogen-bond acceptors (Lipinski definition) is 5. The van der Waals surface area contributed by atoms with Crippen molar-refractivity contribution in [2.24, 2.45) is 0 Å². The molecule has 0 bridgehead atoms. The largest absolute Gasteiger partial charge is 0.478 e. The molecule has 0 aromatic heterocycles. The number of aromatic carboxylic acids is 1. The first-order chi connectivity index (χ1) is 9.35. The van der Waals surface area contributed by atoms with Crippen molar-refractivity contribution in [1.82, 2.24) is 0 Å². The van der Waals surface area contributed by atoms with E-state index >= 15 is 0 Å². The minimum atomic E-state index is -2.99. The normalized spacial score (nSPS) is 20.8. The molecule has 2 rings (SSSR count). The third-order valence-corrected chi connectivity index (χ3v) is 6.10. The van der Waals surface area contributed by atoms with Crippen molar-refractivity contribution in [3.8, 4) is 0 Å². The summed E-state index contributed by atoms with van der Waals surface area (Å²) < 4.78 is 23.1. The van der Waals surface area contributed by atoms with Crippen LogP contribution in [0.15, 0.2) is 23.1 Å². The van der Waals surface area contributed by atoms with Gasteiger partial charge in [0.2, 0.25) is 0 Å². The quantitative estimate of drug-likeness (QED) is 0.853. The molecule has 1 N–H and O–H groups in total. The SMILES string of the molecule is CSc1cccc(N(C)C2CCS(=O)(=O)C2)c1C(=O)O. The Bertz CT molecular complexity index is 627. The Balaban J connectivity index is 2.40. The van der Waals surface area contributed by atoms with Crippen molar-refractivity contribution in [2.75, 3.05) is 29.7 Å². The van der Waals surface area contributed by atoms with E-state index in [-0.39, 0.29) is 23.1 Å². The zero-order valence-corrected chi connectivity index (χ0v) is 13.0. The Morgan fingerprint density at radius 1 is 1.45 bits per heavy atom. The lowest BCUT2D eigenvalue weighted by Gasteiger charge is -2.27. The molecule has 1 saturated heterocycles. The number of rotatable bonds is 4. The van der Waals surface area contributed by atoms with Crippen LogP contribution in [-0.2, 0) is 9.84 Å². The van der Waals surface area contributed by atoms with Gasteiger partial charge in [-0.05, 0) is 24.8 Å². The maximum absolute atomic E-state index is 11.6. The van der Waals surface area contributed by atoms with E-state index in [0.717, 1.165) is 0 Å². The molecule has 1 aliphatic rings. The fraction of sp³-hybridized carbons (Fsp3) is 0.462. The molecule has 20 heavy (non-hydrogen) atoms. The van der Waals surface area contributed by atoms with E-state index < -0.39 is 15.8 Å². The van der Waals surface area contributed by atoms with Crippen LogP contribution in [0.1, 0.15) is 16.8 Å². The number of carboxylic acids is 1. The highest BCUT2D eigenvalue weighted by molar-refractivity contribution is 7.98. The highest BCUT2D eigenvalue weighted by Gasteiger charge is 2.32. The van der Waals surface area contributed by atoms with E-state index in [9.17, 15) is 18.3 Å². The number of nitrogens with zero attached hydrogens (tertiary/aromatic N) is 1. The van der Waals surface area contributed by atoms with E-state index in [1.807, 2.05) is 6.26 Å². The second kappa shape index (κ2) is 5.65. The summed E-state index contributed by atoms with van der Waals surface area (Å²) in [4.78, 5) is 14.0. The van der Waals surface area contributed by atoms with Gasteiger partial charge in [-0.1, -0.05) is 6.07 Å². The molecule has 0 aliphatic carbocycles. The zero-order chi connectivity index (χ0) is 14.9. The van der Waals surface area contributed by atoms with Crippen LogP contribution in [0.2, 0.25) is 0 Å². The van der Waals surface area contributed by atoms with E-state index in [1.165, 1.54) is 11.8 Å². The van der Waals surface area contributed by atoms with Gasteiger partial charge >= 0.3 is 5.97 Å². The number of sulfone groups is 1. The molecule has 1 aromatic rings. The van der Waals surface area contributed by atoms with Crippen LogP contribution in [0.4, 0.5) is 5.69 Å². The summed E-state index contributed by atoms with van der Waals surface area (Å²) in [5.74, 6) is -0.726. The molecular weight excluding hydrogens is 298 g/mol. The van der Waals surface area contributed by atoms with E-state index in [1.54, 1.807) is 30.1 Å². The Hall–Kier alpha value is -1.21. The van der Waals surface area contributed by atoms with Crippen LogP contribution in [0.3, 0.4) is 0 Å². The molecule has 0 amide bonds. The summed E-state index contributed by atoms with van der Waals surface area (Å²) in [6.45, 7) is 0. The summed E-state index contributed by atoms with van der Waals surface area (Å²) >= 11 is 1.37. The van der Waals surface area contributed by atoms with Gasteiger partial charge in [0.15, 0.2) is 9.84 Å². The summed E-state index contributed by atoms with van der Waals surface area (Å²) in [7, 11) is -1.23. The van der Waals surface area contributed by atoms with Crippen molar-refractivity contribution in [3.63, 3.8) is 0 Å². The molecule has 1 unspecified atom stereocenters. The van der Waals surface area contributed by atoms with Gasteiger partial charge in [-0.25, -0.2) is 13.2 Å². The van der Waals surface area contributed by atoms with E-state index in [2.05, 4.69) is 0 Å². The van der Waals surface area contributed by atoms with Crippen LogP contribution in [0, 0.1) is 0 Å². The van der Waals surface area contributed by atoms with Gasteiger partial charge in [-0.2, -0.15) is 0 Å². The van der Waals surface area contributed by atoms with Crippen LogP contribution in [0.5, 0.6) is 0 Å². The van der Waals surface area contributed by atoms with Gasteiger partial charge in [-0.3, -0.25) is 0 Å². The van der Waals surface area contributed by atoms with Gasteiger partial charge in [0, 0.05) is 18.0 Å². The maximum Gasteiger partial charge on any atom is 0.338 e. The molecule has 0 saturated carbocycles. The van der Waals surface area contributed by atoms with Crippen LogP contribution in [0.25, 0.3) is 0 Å². The molecule has 7 heteroatoms. The lowest BCUT2D eigenvalue weighted by Crippen LogP contribution is -2.33. The lowest BCUT2D eigenvalue weighted by molar-refractivity contribution is 0.0694. The van der Waals surface area contributed by atoms with Crippen molar-refractivity contribution < 1.29 is 18.3 Å². The monoisotopic (exact) mass is 315 g/mol.